The van der Waals surface area contributed by atoms with E-state index in [0.717, 1.165) is 87.7 Å². The van der Waals surface area contributed by atoms with Crippen LogP contribution in [0.5, 0.6) is 11.5 Å². The van der Waals surface area contributed by atoms with Crippen LogP contribution in [-0.4, -0.2) is 109 Å². The summed E-state index contributed by atoms with van der Waals surface area (Å²) in [5, 5.41) is 27.4. The third-order valence-corrected chi connectivity index (χ3v) is 17.0. The van der Waals surface area contributed by atoms with Gasteiger partial charge in [0.1, 0.15) is 17.1 Å². The number of benzene rings is 4. The first-order valence-corrected chi connectivity index (χ1v) is 28.4. The average molecular weight is 1080 g/mol. The second-order valence-electron chi connectivity index (χ2n) is 19.9. The number of carbonyl (C=O) groups is 2. The maximum absolute atomic E-state index is 13.7. The van der Waals surface area contributed by atoms with Gasteiger partial charge in [-0.05, 0) is 153 Å². The van der Waals surface area contributed by atoms with Gasteiger partial charge >= 0.3 is 11.9 Å². The molecule has 0 spiro atoms. The number of esters is 1. The number of aromatic nitrogens is 2. The van der Waals surface area contributed by atoms with Gasteiger partial charge in [-0.1, -0.05) is 85.6 Å². The molecule has 4 aromatic carbocycles. The lowest BCUT2D eigenvalue weighted by Gasteiger charge is -2.28. The Morgan fingerprint density at radius 2 is 1.03 bits per heavy atom. The summed E-state index contributed by atoms with van der Waals surface area (Å²) in [6, 6.07) is 32.2. The van der Waals surface area contributed by atoms with E-state index in [-0.39, 0.29) is 29.9 Å². The Morgan fingerprint density at radius 3 is 1.42 bits per heavy atom. The SMILES string of the molecule is CN(C1CCCCc2c(OCC(=O)O)cccc21)S(=O)(=O)c1ccc(-c2cccc(CCO)c2)cn1.CN(C1CCCCc2c(OCC(=O)OC(C)(C)C)cccc21)S(=O)(=O)c1ccc(-c2cccc(CCO)c2)cn1. The standard InChI is InChI=1S/C31H38N2O6S.C27H30N2O6S/c1-31(2,3)39-30(35)21-38-28-14-8-12-25-26(28)11-5-6-13-27(25)33(4)40(36,37)29-16-15-24(20-32-29)23-10-7-9-22(19-23)17-18-34;1-29(24-10-3-2-8-23-22(24)9-5-11-25(23)35-18-27(31)32)36(33,34)26-13-12-21(17-28-26)20-7-4-6-19(16-20)14-15-30/h7-10,12,14-16,19-20,27,34H,5-6,11,13,17-18,21H2,1-4H3;4-7,9,11-13,16-17,24,30H,2-3,8,10,14-15,18H2,1H3,(H,31,32). The molecular formula is C58H68N4O12S2. The van der Waals surface area contributed by atoms with Crippen molar-refractivity contribution in [1.82, 2.24) is 18.6 Å². The number of aliphatic hydroxyl groups is 2. The van der Waals surface area contributed by atoms with Crippen molar-refractivity contribution in [2.24, 2.45) is 0 Å². The minimum absolute atomic E-state index is 0.0200. The van der Waals surface area contributed by atoms with Crippen molar-refractivity contribution in [1.29, 1.82) is 0 Å². The number of hydrogen-bond acceptors (Lipinski definition) is 13. The van der Waals surface area contributed by atoms with Crippen molar-refractivity contribution in [3.63, 3.8) is 0 Å². The van der Waals surface area contributed by atoms with Crippen molar-refractivity contribution >= 4 is 32.0 Å². The summed E-state index contributed by atoms with van der Waals surface area (Å²) in [6.07, 6.45) is 10.4. The second-order valence-corrected chi connectivity index (χ2v) is 23.8. The Hall–Kier alpha value is -6.54. The summed E-state index contributed by atoms with van der Waals surface area (Å²) in [5.41, 5.74) is 8.27. The fourth-order valence-electron chi connectivity index (χ4n) is 9.70. The summed E-state index contributed by atoms with van der Waals surface area (Å²) in [5.74, 6) is -0.456. The number of carboxylic acid groups (broad SMARTS) is 1. The highest BCUT2D eigenvalue weighted by molar-refractivity contribution is 7.89. The third kappa shape index (κ3) is 14.3. The number of nitrogens with zero attached hydrogens (tertiary/aromatic N) is 4. The summed E-state index contributed by atoms with van der Waals surface area (Å²) in [6.45, 7) is 4.87. The molecule has 0 amide bonds. The van der Waals surface area contributed by atoms with Crippen LogP contribution in [0.1, 0.15) is 105 Å². The van der Waals surface area contributed by atoms with Crippen LogP contribution in [0.15, 0.2) is 132 Å². The number of pyridine rings is 2. The number of hydrogen-bond donors (Lipinski definition) is 3. The number of ether oxygens (including phenoxy) is 3. The normalized spacial score (nSPS) is 15.8. The molecule has 6 aromatic rings. The van der Waals surface area contributed by atoms with Crippen molar-refractivity contribution in [2.75, 3.05) is 40.5 Å². The molecule has 0 bridgehead atoms. The molecule has 2 aliphatic rings. The molecular weight excluding hydrogens is 1010 g/mol. The molecule has 16 nitrogen and oxygen atoms in total. The van der Waals surface area contributed by atoms with Crippen LogP contribution < -0.4 is 9.47 Å². The van der Waals surface area contributed by atoms with Gasteiger partial charge in [0, 0.05) is 50.8 Å². The lowest BCUT2D eigenvalue weighted by molar-refractivity contribution is -0.157. The fourth-order valence-corrected chi connectivity index (χ4v) is 12.2. The number of aliphatic hydroxyl groups excluding tert-OH is 2. The van der Waals surface area contributed by atoms with E-state index in [1.165, 1.54) is 20.7 Å². The zero-order chi connectivity index (χ0) is 54.6. The van der Waals surface area contributed by atoms with Gasteiger partial charge in [-0.2, -0.15) is 8.61 Å². The fraction of sp³-hybridized carbons (Fsp3) is 0.379. The molecule has 76 heavy (non-hydrogen) atoms. The van der Waals surface area contributed by atoms with Crippen LogP contribution in [0.25, 0.3) is 22.3 Å². The molecule has 3 N–H and O–H groups in total. The van der Waals surface area contributed by atoms with E-state index >= 15 is 0 Å². The Morgan fingerprint density at radius 1 is 0.592 bits per heavy atom. The van der Waals surface area contributed by atoms with Crippen molar-refractivity contribution in [2.45, 2.75) is 113 Å². The number of fused-ring (bicyclic) bond motifs is 2. The third-order valence-electron chi connectivity index (χ3n) is 13.4. The van der Waals surface area contributed by atoms with Crippen LogP contribution in [-0.2, 0) is 60.1 Å². The lowest BCUT2D eigenvalue weighted by atomic mass is 9.98. The molecule has 0 saturated heterocycles. The first kappa shape index (κ1) is 57.2. The molecule has 2 atom stereocenters. The molecule has 18 heteroatoms. The number of rotatable bonds is 18. The summed E-state index contributed by atoms with van der Waals surface area (Å²) >= 11 is 0. The Kier molecular flexibility index (Phi) is 19.2. The molecule has 2 unspecified atom stereocenters. The Balaban J connectivity index is 0.000000222. The first-order valence-electron chi connectivity index (χ1n) is 25.5. The molecule has 2 aromatic heterocycles. The molecule has 404 valence electrons. The predicted octanol–water partition coefficient (Wildman–Crippen LogP) is 8.93. The first-order chi connectivity index (χ1) is 36.3. The van der Waals surface area contributed by atoms with Crippen molar-refractivity contribution < 1.29 is 56.0 Å². The van der Waals surface area contributed by atoms with E-state index in [0.29, 0.717) is 43.6 Å². The number of carboxylic acids is 1. The molecule has 0 radical (unpaired) electrons. The van der Waals surface area contributed by atoms with E-state index in [9.17, 15) is 36.6 Å². The minimum atomic E-state index is -3.90. The van der Waals surface area contributed by atoms with Crippen molar-refractivity contribution in [3.05, 3.63) is 155 Å². The number of carbonyl (C=O) groups excluding carboxylic acids is 1. The van der Waals surface area contributed by atoms with E-state index in [2.05, 4.69) is 9.97 Å². The van der Waals surface area contributed by atoms with E-state index in [1.54, 1.807) is 71.5 Å². The molecule has 0 saturated carbocycles. The van der Waals surface area contributed by atoms with Gasteiger partial charge in [0.25, 0.3) is 20.0 Å². The van der Waals surface area contributed by atoms with Crippen LogP contribution in [0.3, 0.4) is 0 Å². The largest absolute Gasteiger partial charge is 0.482 e. The van der Waals surface area contributed by atoms with Crippen LogP contribution in [0.2, 0.25) is 0 Å². The van der Waals surface area contributed by atoms with Crippen LogP contribution in [0, 0.1) is 0 Å². The highest BCUT2D eigenvalue weighted by Gasteiger charge is 2.35. The highest BCUT2D eigenvalue weighted by Crippen LogP contribution is 2.41. The van der Waals surface area contributed by atoms with Gasteiger partial charge in [-0.15, -0.1) is 0 Å². The van der Waals surface area contributed by atoms with Gasteiger partial charge in [-0.25, -0.2) is 36.4 Å². The zero-order valence-corrected chi connectivity index (χ0v) is 45.4. The molecule has 2 heterocycles. The monoisotopic (exact) mass is 1080 g/mol. The van der Waals surface area contributed by atoms with Crippen molar-refractivity contribution in [3.8, 4) is 33.8 Å². The van der Waals surface area contributed by atoms with Gasteiger partial charge in [0.05, 0.1) is 12.1 Å². The second kappa shape index (κ2) is 25.5. The van der Waals surface area contributed by atoms with Gasteiger partial charge in [-0.3, -0.25) is 0 Å². The summed E-state index contributed by atoms with van der Waals surface area (Å²) in [7, 11) is -4.64. The topological polar surface area (TPSA) is 223 Å². The number of sulfonamides is 2. The average Bonchev–Trinajstić information content (AvgIpc) is 3.77. The van der Waals surface area contributed by atoms with Crippen LogP contribution >= 0.6 is 0 Å². The summed E-state index contributed by atoms with van der Waals surface area (Å²) in [4.78, 5) is 31.9. The van der Waals surface area contributed by atoms with Crippen LogP contribution in [0.4, 0.5) is 0 Å². The molecule has 0 aliphatic heterocycles. The van der Waals surface area contributed by atoms with E-state index in [4.69, 9.17) is 19.3 Å². The maximum atomic E-state index is 13.7. The zero-order valence-electron chi connectivity index (χ0n) is 43.7. The Labute approximate surface area is 446 Å². The van der Waals surface area contributed by atoms with E-state index in [1.807, 2.05) is 72.8 Å². The predicted molar refractivity (Wildman–Crippen MR) is 289 cm³/mol. The van der Waals surface area contributed by atoms with Gasteiger partial charge in [0.2, 0.25) is 0 Å². The molecule has 8 rings (SSSR count). The molecule has 2 aliphatic carbocycles. The summed E-state index contributed by atoms with van der Waals surface area (Å²) < 4.78 is 74.1. The lowest BCUT2D eigenvalue weighted by Crippen LogP contribution is -2.32. The molecule has 0 fully saturated rings. The van der Waals surface area contributed by atoms with Gasteiger partial charge < -0.3 is 29.5 Å². The quantitative estimate of drug-likeness (QED) is 0.0540. The Bertz CT molecular complexity index is 3180. The van der Waals surface area contributed by atoms with E-state index < -0.39 is 56.3 Å². The number of aliphatic carboxylic acids is 1. The van der Waals surface area contributed by atoms with Gasteiger partial charge in [0.15, 0.2) is 23.3 Å². The highest BCUT2D eigenvalue weighted by atomic mass is 32.2. The smallest absolute Gasteiger partial charge is 0.344 e. The maximum Gasteiger partial charge on any atom is 0.344 e. The minimum Gasteiger partial charge on any atom is -0.482 e.